The number of pyridine rings is 1. The molecule has 0 N–H and O–H groups in total. The zero-order valence-corrected chi connectivity index (χ0v) is 17.5. The fourth-order valence-corrected chi connectivity index (χ4v) is 3.83. The molecule has 0 bridgehead atoms. The smallest absolute Gasteiger partial charge is 0.255 e. The van der Waals surface area contributed by atoms with Crippen LogP contribution in [0.3, 0.4) is 0 Å². The third-order valence-corrected chi connectivity index (χ3v) is 5.14. The second kappa shape index (κ2) is 8.03. The number of hydrogen-bond donors (Lipinski definition) is 0. The Balaban J connectivity index is 2.15. The van der Waals surface area contributed by atoms with Gasteiger partial charge in [-0.1, -0.05) is 30.3 Å². The van der Waals surface area contributed by atoms with E-state index in [-0.39, 0.29) is 34.9 Å². The fraction of sp³-hybridized carbons (Fsp3) is 0.292. The minimum Gasteiger partial charge on any atom is -0.341 e. The summed E-state index contributed by atoms with van der Waals surface area (Å²) in [5.41, 5.74) is 1.37. The molecule has 150 valence electrons. The Bertz CT molecular complexity index is 1130. The number of ketones is 1. The largest absolute Gasteiger partial charge is 0.341 e. The minimum atomic E-state index is -0.341. The van der Waals surface area contributed by atoms with E-state index in [1.54, 1.807) is 52.9 Å². The highest BCUT2D eigenvalue weighted by atomic mass is 16.2. The molecule has 0 saturated carbocycles. The predicted octanol–water partition coefficient (Wildman–Crippen LogP) is 4.03. The summed E-state index contributed by atoms with van der Waals surface area (Å²) in [6.07, 6.45) is 0. The average molecular weight is 390 g/mol. The Morgan fingerprint density at radius 3 is 2.03 bits per heavy atom. The van der Waals surface area contributed by atoms with Crippen molar-refractivity contribution in [2.24, 2.45) is 7.05 Å². The van der Waals surface area contributed by atoms with Gasteiger partial charge in [0, 0.05) is 36.1 Å². The number of fused-ring (bicyclic) bond motifs is 1. The first-order chi connectivity index (χ1) is 13.7. The topological polar surface area (TPSA) is 59.4 Å². The molecular formula is C24H26N2O3. The molecular weight excluding hydrogens is 364 g/mol. The Morgan fingerprint density at radius 2 is 1.41 bits per heavy atom. The number of rotatable bonds is 5. The van der Waals surface area contributed by atoms with Crippen molar-refractivity contribution in [3.05, 3.63) is 81.6 Å². The third kappa shape index (κ3) is 3.73. The summed E-state index contributed by atoms with van der Waals surface area (Å²) in [5, 5.41) is 0.557. The lowest BCUT2D eigenvalue weighted by Gasteiger charge is -2.31. The van der Waals surface area contributed by atoms with Crippen LogP contribution < -0.4 is 5.43 Å². The van der Waals surface area contributed by atoms with Crippen molar-refractivity contribution in [2.45, 2.75) is 39.8 Å². The van der Waals surface area contributed by atoms with Crippen LogP contribution in [0.15, 0.2) is 59.4 Å². The molecule has 29 heavy (non-hydrogen) atoms. The minimum absolute atomic E-state index is 0.00400. The highest BCUT2D eigenvalue weighted by molar-refractivity contribution is 6.15. The van der Waals surface area contributed by atoms with Crippen molar-refractivity contribution >= 4 is 22.6 Å². The molecule has 2 aromatic carbocycles. The first-order valence-corrected chi connectivity index (χ1v) is 9.79. The Hall–Kier alpha value is -3.21. The van der Waals surface area contributed by atoms with Crippen LogP contribution in [0.5, 0.6) is 0 Å². The van der Waals surface area contributed by atoms with E-state index in [1.165, 1.54) is 6.07 Å². The summed E-state index contributed by atoms with van der Waals surface area (Å²) in [6.45, 7) is 7.81. The van der Waals surface area contributed by atoms with Crippen molar-refractivity contribution in [1.82, 2.24) is 9.47 Å². The number of aromatic nitrogens is 1. The predicted molar refractivity (Wildman–Crippen MR) is 116 cm³/mol. The SMILES string of the molecule is CC(C)N(C(=O)c1ccccc1C(=O)c1cc(=O)c2ccccc2n1C)C(C)C. The molecule has 5 heteroatoms. The molecule has 5 nitrogen and oxygen atoms in total. The van der Waals surface area contributed by atoms with Crippen LogP contribution in [0.2, 0.25) is 0 Å². The Labute approximate surface area is 170 Å². The van der Waals surface area contributed by atoms with E-state index in [2.05, 4.69) is 0 Å². The van der Waals surface area contributed by atoms with Gasteiger partial charge in [-0.2, -0.15) is 0 Å². The van der Waals surface area contributed by atoms with Crippen LogP contribution in [0, 0.1) is 0 Å². The van der Waals surface area contributed by atoms with E-state index in [0.717, 1.165) is 0 Å². The highest BCUT2D eigenvalue weighted by Gasteiger charge is 2.26. The average Bonchev–Trinajstić information content (AvgIpc) is 2.69. The maximum atomic E-state index is 13.4. The van der Waals surface area contributed by atoms with Crippen molar-refractivity contribution in [3.8, 4) is 0 Å². The molecule has 0 aliphatic rings. The van der Waals surface area contributed by atoms with Gasteiger partial charge in [0.25, 0.3) is 5.91 Å². The van der Waals surface area contributed by atoms with Crippen LogP contribution in [0.25, 0.3) is 10.9 Å². The van der Waals surface area contributed by atoms with Gasteiger partial charge in [-0.25, -0.2) is 0 Å². The fourth-order valence-electron chi connectivity index (χ4n) is 3.83. The van der Waals surface area contributed by atoms with Crippen molar-refractivity contribution in [2.75, 3.05) is 0 Å². The van der Waals surface area contributed by atoms with Gasteiger partial charge < -0.3 is 9.47 Å². The molecule has 0 atom stereocenters. The summed E-state index contributed by atoms with van der Waals surface area (Å²) in [5.74, 6) is -0.531. The van der Waals surface area contributed by atoms with E-state index < -0.39 is 0 Å². The van der Waals surface area contributed by atoms with Crippen molar-refractivity contribution < 1.29 is 9.59 Å². The summed E-state index contributed by atoms with van der Waals surface area (Å²) in [7, 11) is 1.76. The standard InChI is InChI=1S/C24H26N2O3/c1-15(2)26(16(3)4)24(29)18-11-7-6-10-17(18)23(28)21-14-22(27)19-12-8-9-13-20(19)25(21)5/h6-16H,1-5H3. The Morgan fingerprint density at radius 1 is 0.862 bits per heavy atom. The number of carbonyl (C=O) groups is 2. The van der Waals surface area contributed by atoms with Crippen molar-refractivity contribution in [3.63, 3.8) is 0 Å². The van der Waals surface area contributed by atoms with Crippen LogP contribution in [-0.4, -0.2) is 33.2 Å². The van der Waals surface area contributed by atoms with Gasteiger partial charge in [0.1, 0.15) is 0 Å². The third-order valence-electron chi connectivity index (χ3n) is 5.14. The molecule has 0 fully saturated rings. The van der Waals surface area contributed by atoms with Gasteiger partial charge in [-0.3, -0.25) is 14.4 Å². The highest BCUT2D eigenvalue weighted by Crippen LogP contribution is 2.20. The molecule has 0 spiro atoms. The summed E-state index contributed by atoms with van der Waals surface area (Å²) in [4.78, 5) is 41.0. The van der Waals surface area contributed by atoms with Gasteiger partial charge in [0.05, 0.1) is 16.8 Å². The first-order valence-electron chi connectivity index (χ1n) is 9.79. The summed E-state index contributed by atoms with van der Waals surface area (Å²) < 4.78 is 1.71. The van der Waals surface area contributed by atoms with Crippen LogP contribution >= 0.6 is 0 Å². The van der Waals surface area contributed by atoms with Gasteiger partial charge in [0.2, 0.25) is 5.78 Å². The number of benzene rings is 2. The molecule has 0 aliphatic heterocycles. The van der Waals surface area contributed by atoms with Crippen molar-refractivity contribution in [1.29, 1.82) is 0 Å². The number of carbonyl (C=O) groups excluding carboxylic acids is 2. The Kier molecular flexibility index (Phi) is 5.69. The van der Waals surface area contributed by atoms with Crippen LogP contribution in [0.1, 0.15) is 54.1 Å². The second-order valence-corrected chi connectivity index (χ2v) is 7.74. The lowest BCUT2D eigenvalue weighted by atomic mass is 9.98. The molecule has 1 amide bonds. The van der Waals surface area contributed by atoms with Gasteiger partial charge in [0.15, 0.2) is 5.43 Å². The molecule has 0 radical (unpaired) electrons. The van der Waals surface area contributed by atoms with Crippen LogP contribution in [0.4, 0.5) is 0 Å². The zero-order chi connectivity index (χ0) is 21.3. The molecule has 1 aromatic heterocycles. The van der Waals surface area contributed by atoms with E-state index in [4.69, 9.17) is 0 Å². The van der Waals surface area contributed by atoms with Gasteiger partial charge in [-0.15, -0.1) is 0 Å². The monoisotopic (exact) mass is 390 g/mol. The normalized spacial score (nSPS) is 11.3. The lowest BCUT2D eigenvalue weighted by molar-refractivity contribution is 0.0640. The maximum absolute atomic E-state index is 13.4. The van der Waals surface area contributed by atoms with Gasteiger partial charge >= 0.3 is 0 Å². The number of nitrogens with zero attached hydrogens (tertiary/aromatic N) is 2. The molecule has 1 heterocycles. The number of aryl methyl sites for hydroxylation is 1. The van der Waals surface area contributed by atoms with E-state index in [9.17, 15) is 14.4 Å². The number of amides is 1. The summed E-state index contributed by atoms with van der Waals surface area (Å²) >= 11 is 0. The molecule has 0 aliphatic carbocycles. The molecule has 0 unspecified atom stereocenters. The quantitative estimate of drug-likeness (QED) is 0.618. The van der Waals surface area contributed by atoms with E-state index in [0.29, 0.717) is 22.0 Å². The lowest BCUT2D eigenvalue weighted by Crippen LogP contribution is -2.42. The molecule has 3 rings (SSSR count). The van der Waals surface area contributed by atoms with Gasteiger partial charge in [-0.05, 0) is 45.9 Å². The molecule has 0 saturated heterocycles. The van der Waals surface area contributed by atoms with E-state index in [1.807, 2.05) is 39.8 Å². The zero-order valence-electron chi connectivity index (χ0n) is 17.5. The summed E-state index contributed by atoms with van der Waals surface area (Å²) in [6, 6.07) is 15.3. The first kappa shape index (κ1) is 20.5. The molecule has 3 aromatic rings. The number of para-hydroxylation sites is 1. The number of hydrogen-bond acceptors (Lipinski definition) is 3. The van der Waals surface area contributed by atoms with Crippen LogP contribution in [-0.2, 0) is 7.05 Å². The second-order valence-electron chi connectivity index (χ2n) is 7.74. The van der Waals surface area contributed by atoms with E-state index >= 15 is 0 Å². The maximum Gasteiger partial charge on any atom is 0.255 e.